The van der Waals surface area contributed by atoms with E-state index in [9.17, 15) is 4.79 Å². The van der Waals surface area contributed by atoms with Gasteiger partial charge in [0.2, 0.25) is 0 Å². The molecule has 0 spiro atoms. The number of aldehydes is 1. The van der Waals surface area contributed by atoms with Gasteiger partial charge in [-0.3, -0.25) is 4.79 Å². The van der Waals surface area contributed by atoms with Crippen LogP contribution in [0, 0.1) is 0 Å². The maximum atomic E-state index is 11.6. The third-order valence-corrected chi connectivity index (χ3v) is 6.90. The second-order valence-electron chi connectivity index (χ2n) is 9.39. The summed E-state index contributed by atoms with van der Waals surface area (Å²) in [6, 6.07) is 45.7. The zero-order valence-electron chi connectivity index (χ0n) is 21.4. The number of carbonyl (C=O) groups is 1. The highest BCUT2D eigenvalue weighted by atomic mass is 16.5. The molecule has 188 valence electrons. The van der Waals surface area contributed by atoms with Crippen molar-refractivity contribution in [2.75, 3.05) is 4.90 Å². The second kappa shape index (κ2) is 11.1. The molecular weight excluding hydrogens is 478 g/mol. The molecule has 0 heterocycles. The van der Waals surface area contributed by atoms with E-state index in [1.807, 2.05) is 48.5 Å². The highest BCUT2D eigenvalue weighted by molar-refractivity contribution is 5.98. The SMILES string of the molecule is O=Cc1cc2ccccc2cc1COC=Cc1ccc(N(c2ccccc2)c2cccc3ccccc23)cc1. The average Bonchev–Trinajstić information content (AvgIpc) is 3.00. The molecule has 6 rings (SSSR count). The summed E-state index contributed by atoms with van der Waals surface area (Å²) in [6.45, 7) is 0.330. The molecule has 0 fully saturated rings. The van der Waals surface area contributed by atoms with E-state index in [1.165, 1.54) is 10.8 Å². The number of ether oxygens (including phenoxy) is 1. The van der Waals surface area contributed by atoms with Crippen molar-refractivity contribution in [2.24, 2.45) is 0 Å². The number of hydrogen-bond acceptors (Lipinski definition) is 3. The molecule has 3 nitrogen and oxygen atoms in total. The Kier molecular flexibility index (Phi) is 6.87. The molecule has 0 radical (unpaired) electrons. The number of rotatable bonds is 8. The Bertz CT molecular complexity index is 1770. The van der Waals surface area contributed by atoms with Gasteiger partial charge in [-0.05, 0) is 70.3 Å². The zero-order chi connectivity index (χ0) is 26.4. The van der Waals surface area contributed by atoms with Gasteiger partial charge in [0, 0.05) is 27.9 Å². The Balaban J connectivity index is 1.23. The third kappa shape index (κ3) is 5.16. The molecule has 6 aromatic carbocycles. The van der Waals surface area contributed by atoms with Crippen LogP contribution in [0.4, 0.5) is 17.1 Å². The van der Waals surface area contributed by atoms with Crippen molar-refractivity contribution in [1.82, 2.24) is 0 Å². The minimum Gasteiger partial charge on any atom is -0.496 e. The van der Waals surface area contributed by atoms with Gasteiger partial charge >= 0.3 is 0 Å². The van der Waals surface area contributed by atoms with Gasteiger partial charge in [-0.2, -0.15) is 0 Å². The summed E-state index contributed by atoms with van der Waals surface area (Å²) in [5, 5.41) is 4.55. The molecule has 0 aliphatic heterocycles. The Hall–Kier alpha value is -5.15. The van der Waals surface area contributed by atoms with Crippen molar-refractivity contribution in [3.05, 3.63) is 156 Å². The predicted molar refractivity (Wildman–Crippen MR) is 162 cm³/mol. The smallest absolute Gasteiger partial charge is 0.150 e. The number of carbonyl (C=O) groups excluding carboxylic acids is 1. The molecule has 0 N–H and O–H groups in total. The standard InChI is InChI=1S/C36H27NO2/c38-25-31-23-29-10-4-5-11-30(29)24-32(31)26-39-22-21-27-17-19-34(20-18-27)37(33-13-2-1-3-14-33)36-16-8-12-28-9-6-7-15-35(28)36/h1-25H,26H2. The predicted octanol–water partition coefficient (Wildman–Crippen LogP) is 9.46. The van der Waals surface area contributed by atoms with Crippen LogP contribution in [0.1, 0.15) is 21.5 Å². The quantitative estimate of drug-likeness (QED) is 0.152. The van der Waals surface area contributed by atoms with Gasteiger partial charge in [0.25, 0.3) is 0 Å². The van der Waals surface area contributed by atoms with Crippen molar-refractivity contribution >= 4 is 51.0 Å². The molecule has 0 saturated carbocycles. The van der Waals surface area contributed by atoms with Crippen molar-refractivity contribution in [2.45, 2.75) is 6.61 Å². The van der Waals surface area contributed by atoms with E-state index in [0.29, 0.717) is 12.2 Å². The highest BCUT2D eigenvalue weighted by Gasteiger charge is 2.14. The van der Waals surface area contributed by atoms with Crippen LogP contribution in [0.2, 0.25) is 0 Å². The Morgan fingerprint density at radius 2 is 1.26 bits per heavy atom. The van der Waals surface area contributed by atoms with Crippen LogP contribution in [-0.2, 0) is 11.3 Å². The first-order valence-corrected chi connectivity index (χ1v) is 13.0. The number of anilines is 3. The summed E-state index contributed by atoms with van der Waals surface area (Å²) in [5.74, 6) is 0. The molecule has 0 atom stereocenters. The van der Waals surface area contributed by atoms with Crippen molar-refractivity contribution < 1.29 is 9.53 Å². The van der Waals surface area contributed by atoms with E-state index in [4.69, 9.17) is 4.74 Å². The summed E-state index contributed by atoms with van der Waals surface area (Å²) in [7, 11) is 0. The zero-order valence-corrected chi connectivity index (χ0v) is 21.4. The molecule has 0 aliphatic rings. The topological polar surface area (TPSA) is 29.5 Å². The third-order valence-electron chi connectivity index (χ3n) is 6.90. The average molecular weight is 506 g/mol. The maximum Gasteiger partial charge on any atom is 0.150 e. The fourth-order valence-corrected chi connectivity index (χ4v) is 4.95. The van der Waals surface area contributed by atoms with Crippen LogP contribution in [0.15, 0.2) is 140 Å². The molecule has 3 heteroatoms. The Labute approximate surface area is 228 Å². The minimum atomic E-state index is 0.330. The van der Waals surface area contributed by atoms with Gasteiger partial charge in [-0.25, -0.2) is 0 Å². The lowest BCUT2D eigenvalue weighted by atomic mass is 10.0. The van der Waals surface area contributed by atoms with Crippen LogP contribution < -0.4 is 4.90 Å². The Morgan fingerprint density at radius 3 is 2.03 bits per heavy atom. The van der Waals surface area contributed by atoms with Crippen molar-refractivity contribution in [3.63, 3.8) is 0 Å². The first kappa shape index (κ1) is 24.2. The van der Waals surface area contributed by atoms with Gasteiger partial charge in [0.05, 0.1) is 11.9 Å². The molecule has 0 unspecified atom stereocenters. The second-order valence-corrected chi connectivity index (χ2v) is 9.39. The molecule has 0 bridgehead atoms. The highest BCUT2D eigenvalue weighted by Crippen LogP contribution is 2.38. The summed E-state index contributed by atoms with van der Waals surface area (Å²) < 4.78 is 5.83. The number of hydrogen-bond donors (Lipinski definition) is 0. The van der Waals surface area contributed by atoms with E-state index < -0.39 is 0 Å². The fraction of sp³-hybridized carbons (Fsp3) is 0.0278. The monoisotopic (exact) mass is 505 g/mol. The van der Waals surface area contributed by atoms with Crippen LogP contribution in [-0.4, -0.2) is 6.29 Å². The number of benzene rings is 6. The van der Waals surface area contributed by atoms with Gasteiger partial charge in [-0.15, -0.1) is 0 Å². The first-order chi connectivity index (χ1) is 19.3. The van der Waals surface area contributed by atoms with E-state index in [0.717, 1.165) is 45.2 Å². The minimum absolute atomic E-state index is 0.330. The van der Waals surface area contributed by atoms with Crippen molar-refractivity contribution in [1.29, 1.82) is 0 Å². The van der Waals surface area contributed by atoms with Gasteiger partial charge in [0.15, 0.2) is 0 Å². The molecule has 0 aromatic heterocycles. The number of nitrogens with zero attached hydrogens (tertiary/aromatic N) is 1. The van der Waals surface area contributed by atoms with E-state index in [2.05, 4.69) is 95.9 Å². The molecule has 0 amide bonds. The van der Waals surface area contributed by atoms with E-state index >= 15 is 0 Å². The van der Waals surface area contributed by atoms with Crippen LogP contribution in [0.5, 0.6) is 0 Å². The van der Waals surface area contributed by atoms with Gasteiger partial charge < -0.3 is 9.64 Å². The molecular formula is C36H27NO2. The van der Waals surface area contributed by atoms with Gasteiger partial charge in [-0.1, -0.05) is 91.0 Å². The lowest BCUT2D eigenvalue weighted by molar-refractivity contribution is 0.112. The lowest BCUT2D eigenvalue weighted by Crippen LogP contribution is -2.10. The number of fused-ring (bicyclic) bond motifs is 2. The van der Waals surface area contributed by atoms with Crippen LogP contribution >= 0.6 is 0 Å². The molecule has 0 saturated heterocycles. The van der Waals surface area contributed by atoms with Crippen molar-refractivity contribution in [3.8, 4) is 0 Å². The molecule has 6 aromatic rings. The summed E-state index contributed by atoms with van der Waals surface area (Å²) >= 11 is 0. The normalized spacial score (nSPS) is 11.2. The summed E-state index contributed by atoms with van der Waals surface area (Å²) in [6.07, 6.45) is 4.52. The van der Waals surface area contributed by atoms with Crippen LogP contribution in [0.3, 0.4) is 0 Å². The van der Waals surface area contributed by atoms with E-state index in [-0.39, 0.29) is 0 Å². The fourth-order valence-electron chi connectivity index (χ4n) is 4.95. The molecule has 0 aliphatic carbocycles. The maximum absolute atomic E-state index is 11.6. The largest absolute Gasteiger partial charge is 0.496 e. The summed E-state index contributed by atoms with van der Waals surface area (Å²) in [4.78, 5) is 13.9. The first-order valence-electron chi connectivity index (χ1n) is 13.0. The van der Waals surface area contributed by atoms with Gasteiger partial charge in [0.1, 0.15) is 12.9 Å². The number of para-hydroxylation sites is 1. The van der Waals surface area contributed by atoms with Crippen LogP contribution in [0.25, 0.3) is 27.6 Å². The Morgan fingerprint density at radius 1 is 0.615 bits per heavy atom. The molecule has 39 heavy (non-hydrogen) atoms. The summed E-state index contributed by atoms with van der Waals surface area (Å²) in [5.41, 5.74) is 5.86. The lowest BCUT2D eigenvalue weighted by Gasteiger charge is -2.27. The van der Waals surface area contributed by atoms with E-state index in [1.54, 1.807) is 6.26 Å².